The van der Waals surface area contributed by atoms with E-state index in [0.717, 1.165) is 31.2 Å². The summed E-state index contributed by atoms with van der Waals surface area (Å²) in [6.45, 7) is 4.81. The minimum Gasteiger partial charge on any atom is -0.388 e. The van der Waals surface area contributed by atoms with Gasteiger partial charge >= 0.3 is 0 Å². The van der Waals surface area contributed by atoms with E-state index in [4.69, 9.17) is 0 Å². The number of nitrogens with zero attached hydrogens (tertiary/aromatic N) is 1. The number of aliphatic hydroxyl groups is 1. The number of pyridine rings is 1. The van der Waals surface area contributed by atoms with Gasteiger partial charge in [0.1, 0.15) is 0 Å². The van der Waals surface area contributed by atoms with Crippen LogP contribution in [-0.4, -0.2) is 28.1 Å². The Morgan fingerprint density at radius 2 is 2.05 bits per heavy atom. The molecule has 1 heterocycles. The minimum atomic E-state index is -0.736. The van der Waals surface area contributed by atoms with E-state index in [1.807, 2.05) is 12.1 Å². The lowest BCUT2D eigenvalue weighted by molar-refractivity contribution is -0.122. The summed E-state index contributed by atoms with van der Waals surface area (Å²) in [6, 6.07) is 3.70. The molecule has 0 saturated heterocycles. The van der Waals surface area contributed by atoms with E-state index in [1.54, 1.807) is 12.4 Å². The van der Waals surface area contributed by atoms with Gasteiger partial charge in [0.25, 0.3) is 0 Å². The quantitative estimate of drug-likeness (QED) is 0.885. The monoisotopic (exact) mass is 276 g/mol. The zero-order valence-electron chi connectivity index (χ0n) is 12.4. The molecule has 4 nitrogen and oxygen atoms in total. The standard InChI is InChI=1S/C16H24N2O2/c1-15(2)5-7-16(20,8-6-15)12-18-14(19)10-13-4-3-9-17-11-13/h3-4,9,11,20H,5-8,10,12H2,1-2H3,(H,18,19). The second kappa shape index (κ2) is 5.92. The van der Waals surface area contributed by atoms with Crippen LogP contribution in [0.2, 0.25) is 0 Å². The maximum Gasteiger partial charge on any atom is 0.224 e. The molecule has 1 fully saturated rings. The van der Waals surface area contributed by atoms with Gasteiger partial charge in [0.2, 0.25) is 5.91 Å². The van der Waals surface area contributed by atoms with E-state index in [-0.39, 0.29) is 5.91 Å². The Bertz CT molecular complexity index is 447. The van der Waals surface area contributed by atoms with Crippen LogP contribution >= 0.6 is 0 Å². The Balaban J connectivity index is 1.79. The third kappa shape index (κ3) is 4.30. The van der Waals surface area contributed by atoms with Crippen molar-refractivity contribution in [1.82, 2.24) is 10.3 Å². The van der Waals surface area contributed by atoms with Gasteiger partial charge in [-0.2, -0.15) is 0 Å². The number of amides is 1. The molecular formula is C16H24N2O2. The fourth-order valence-corrected chi connectivity index (χ4v) is 2.58. The van der Waals surface area contributed by atoms with Gasteiger partial charge in [0.05, 0.1) is 12.0 Å². The normalized spacial score (nSPS) is 20.4. The van der Waals surface area contributed by atoms with Crippen LogP contribution in [-0.2, 0) is 11.2 Å². The smallest absolute Gasteiger partial charge is 0.224 e. The summed E-state index contributed by atoms with van der Waals surface area (Å²) in [7, 11) is 0. The van der Waals surface area contributed by atoms with Crippen LogP contribution in [0.5, 0.6) is 0 Å². The highest BCUT2D eigenvalue weighted by Gasteiger charge is 2.36. The van der Waals surface area contributed by atoms with Gasteiger partial charge in [-0.25, -0.2) is 0 Å². The molecular weight excluding hydrogens is 252 g/mol. The third-order valence-electron chi connectivity index (χ3n) is 4.24. The zero-order chi connectivity index (χ0) is 14.6. The lowest BCUT2D eigenvalue weighted by Gasteiger charge is -2.40. The first-order valence-corrected chi connectivity index (χ1v) is 7.27. The van der Waals surface area contributed by atoms with Gasteiger partial charge in [-0.3, -0.25) is 9.78 Å². The van der Waals surface area contributed by atoms with Crippen molar-refractivity contribution in [2.24, 2.45) is 5.41 Å². The van der Waals surface area contributed by atoms with Crippen LogP contribution in [0.1, 0.15) is 45.1 Å². The van der Waals surface area contributed by atoms with Gasteiger partial charge in [-0.05, 0) is 42.7 Å². The predicted molar refractivity (Wildman–Crippen MR) is 78.1 cm³/mol. The average molecular weight is 276 g/mol. The predicted octanol–water partition coefficient (Wildman–Crippen LogP) is 2.07. The molecule has 0 atom stereocenters. The number of rotatable bonds is 4. The number of nitrogens with one attached hydrogen (secondary N) is 1. The van der Waals surface area contributed by atoms with Crippen molar-refractivity contribution in [3.05, 3.63) is 30.1 Å². The minimum absolute atomic E-state index is 0.0590. The van der Waals surface area contributed by atoms with Crippen LogP contribution in [0.4, 0.5) is 0 Å². The van der Waals surface area contributed by atoms with Crippen LogP contribution in [0.25, 0.3) is 0 Å². The first kappa shape index (κ1) is 15.0. The number of hydrogen-bond acceptors (Lipinski definition) is 3. The Hall–Kier alpha value is -1.42. The first-order chi connectivity index (χ1) is 9.39. The van der Waals surface area contributed by atoms with Gasteiger partial charge in [-0.15, -0.1) is 0 Å². The van der Waals surface area contributed by atoms with Crippen molar-refractivity contribution in [1.29, 1.82) is 0 Å². The molecule has 0 bridgehead atoms. The summed E-state index contributed by atoms with van der Waals surface area (Å²) in [4.78, 5) is 15.9. The summed E-state index contributed by atoms with van der Waals surface area (Å²) in [5.74, 6) is -0.0590. The van der Waals surface area contributed by atoms with E-state index in [2.05, 4.69) is 24.1 Å². The third-order valence-corrected chi connectivity index (χ3v) is 4.24. The van der Waals surface area contributed by atoms with Crippen LogP contribution in [0.15, 0.2) is 24.5 Å². The summed E-state index contributed by atoms with van der Waals surface area (Å²) < 4.78 is 0. The molecule has 0 aliphatic heterocycles. The number of aromatic nitrogens is 1. The Morgan fingerprint density at radius 1 is 1.35 bits per heavy atom. The fourth-order valence-electron chi connectivity index (χ4n) is 2.58. The van der Waals surface area contributed by atoms with E-state index in [0.29, 0.717) is 18.4 Å². The second-order valence-electron chi connectivity index (χ2n) is 6.70. The maximum atomic E-state index is 11.9. The molecule has 1 saturated carbocycles. The molecule has 0 radical (unpaired) electrons. The molecule has 0 spiro atoms. The van der Waals surface area contributed by atoms with E-state index < -0.39 is 5.60 Å². The van der Waals surface area contributed by atoms with E-state index in [9.17, 15) is 9.90 Å². The van der Waals surface area contributed by atoms with Crippen molar-refractivity contribution in [3.63, 3.8) is 0 Å². The Labute approximate surface area is 120 Å². The van der Waals surface area contributed by atoms with Crippen LogP contribution in [0.3, 0.4) is 0 Å². The SMILES string of the molecule is CC1(C)CCC(O)(CNC(=O)Cc2cccnc2)CC1. The topological polar surface area (TPSA) is 62.2 Å². The highest BCUT2D eigenvalue weighted by molar-refractivity contribution is 5.78. The molecule has 1 aliphatic rings. The summed E-state index contributed by atoms with van der Waals surface area (Å²) in [6.07, 6.45) is 7.21. The fraction of sp³-hybridized carbons (Fsp3) is 0.625. The molecule has 1 aliphatic carbocycles. The van der Waals surface area contributed by atoms with Gasteiger partial charge in [0, 0.05) is 18.9 Å². The number of hydrogen-bond donors (Lipinski definition) is 2. The van der Waals surface area contributed by atoms with Crippen molar-refractivity contribution in [3.8, 4) is 0 Å². The number of carbonyl (C=O) groups is 1. The molecule has 1 amide bonds. The van der Waals surface area contributed by atoms with E-state index >= 15 is 0 Å². The lowest BCUT2D eigenvalue weighted by atomic mass is 9.71. The Kier molecular flexibility index (Phi) is 4.43. The van der Waals surface area contributed by atoms with Crippen molar-refractivity contribution < 1.29 is 9.90 Å². The molecule has 20 heavy (non-hydrogen) atoms. The van der Waals surface area contributed by atoms with Crippen molar-refractivity contribution >= 4 is 5.91 Å². The molecule has 4 heteroatoms. The highest BCUT2D eigenvalue weighted by atomic mass is 16.3. The zero-order valence-corrected chi connectivity index (χ0v) is 12.4. The second-order valence-corrected chi connectivity index (χ2v) is 6.70. The van der Waals surface area contributed by atoms with Gasteiger partial charge < -0.3 is 10.4 Å². The maximum absolute atomic E-state index is 11.9. The summed E-state index contributed by atoms with van der Waals surface area (Å²) >= 11 is 0. The molecule has 2 rings (SSSR count). The average Bonchev–Trinajstić information content (AvgIpc) is 2.42. The van der Waals surface area contributed by atoms with Crippen molar-refractivity contribution in [2.45, 2.75) is 51.6 Å². The summed E-state index contributed by atoms with van der Waals surface area (Å²) in [5.41, 5.74) is 0.466. The van der Waals surface area contributed by atoms with Gasteiger partial charge in [-0.1, -0.05) is 19.9 Å². The van der Waals surface area contributed by atoms with E-state index in [1.165, 1.54) is 0 Å². The molecule has 1 aromatic heterocycles. The lowest BCUT2D eigenvalue weighted by Crippen LogP contribution is -2.46. The molecule has 110 valence electrons. The summed E-state index contributed by atoms with van der Waals surface area (Å²) in [5, 5.41) is 13.3. The Morgan fingerprint density at radius 3 is 2.65 bits per heavy atom. The first-order valence-electron chi connectivity index (χ1n) is 7.27. The molecule has 1 aromatic rings. The van der Waals surface area contributed by atoms with Crippen LogP contribution < -0.4 is 5.32 Å². The highest BCUT2D eigenvalue weighted by Crippen LogP contribution is 2.39. The molecule has 2 N–H and O–H groups in total. The molecule has 0 aromatic carbocycles. The largest absolute Gasteiger partial charge is 0.388 e. The van der Waals surface area contributed by atoms with Crippen molar-refractivity contribution in [2.75, 3.05) is 6.54 Å². The molecule has 0 unspecified atom stereocenters. The van der Waals surface area contributed by atoms with Crippen LogP contribution in [0, 0.1) is 5.41 Å². The number of carbonyl (C=O) groups excluding carboxylic acids is 1. The van der Waals surface area contributed by atoms with Gasteiger partial charge in [0.15, 0.2) is 0 Å².